The molecule has 1 N–H and O–H groups in total. The van der Waals surface area contributed by atoms with Crippen molar-refractivity contribution < 1.29 is 23.1 Å². The van der Waals surface area contributed by atoms with E-state index in [1.54, 1.807) is 0 Å². The fourth-order valence-corrected chi connectivity index (χ4v) is 1.72. The first-order valence-electron chi connectivity index (χ1n) is 4.62. The second-order valence-corrected chi connectivity index (χ2v) is 6.36. The lowest BCUT2D eigenvalue weighted by atomic mass is 10.1. The van der Waals surface area contributed by atoms with Gasteiger partial charge in [-0.3, -0.25) is 0 Å². The van der Waals surface area contributed by atoms with E-state index < -0.39 is 15.9 Å². The second kappa shape index (κ2) is 5.41. The lowest BCUT2D eigenvalue weighted by Gasteiger charge is -2.23. The maximum Gasteiger partial charge on any atom is 0.421 e. The largest absolute Gasteiger partial charge is 0.469 e. The van der Waals surface area contributed by atoms with Crippen LogP contribution in [0, 0.1) is 11.3 Å². The third-order valence-electron chi connectivity index (χ3n) is 2.64. The Morgan fingerprint density at radius 1 is 1.41 bits per heavy atom. The zero-order valence-electron chi connectivity index (χ0n) is 9.11. The van der Waals surface area contributed by atoms with Gasteiger partial charge in [-0.05, 0) is 24.2 Å². The molecule has 0 spiro atoms. The Balaban J connectivity index is 0.000000557. The summed E-state index contributed by atoms with van der Waals surface area (Å²) in [5.41, 5.74) is -1.39. The summed E-state index contributed by atoms with van der Waals surface area (Å²) in [4.78, 5) is 8.77. The molecule has 1 saturated carbocycles. The molecular weight excluding hydrogens is 303 g/mol. The number of alkyl halides is 5. The molecule has 0 aromatic heterocycles. The van der Waals surface area contributed by atoms with Crippen molar-refractivity contribution in [2.24, 2.45) is 11.3 Å². The van der Waals surface area contributed by atoms with Gasteiger partial charge in [0.25, 0.3) is 0 Å². The van der Waals surface area contributed by atoms with Gasteiger partial charge in [0.2, 0.25) is 4.33 Å². The SMILES string of the molecule is CC1(C)CC1CC(Cl)(Cl)C(F)(F)F.O=C(O)Cl. The highest BCUT2D eigenvalue weighted by atomic mass is 35.5. The van der Waals surface area contributed by atoms with Gasteiger partial charge in [-0.2, -0.15) is 13.2 Å². The van der Waals surface area contributed by atoms with E-state index in [1.807, 2.05) is 13.8 Å². The van der Waals surface area contributed by atoms with Crippen LogP contribution in [0.25, 0.3) is 0 Å². The Hall–Kier alpha value is 0.130. The van der Waals surface area contributed by atoms with Crippen molar-refractivity contribution in [3.63, 3.8) is 0 Å². The highest BCUT2D eigenvalue weighted by Crippen LogP contribution is 2.59. The molecule has 102 valence electrons. The molecule has 1 rings (SSSR count). The molecule has 1 atom stereocenters. The molecule has 1 aliphatic carbocycles. The van der Waals surface area contributed by atoms with Crippen LogP contribution >= 0.6 is 34.8 Å². The summed E-state index contributed by atoms with van der Waals surface area (Å²) in [5, 5.41) is 7.18. The van der Waals surface area contributed by atoms with Crippen molar-refractivity contribution >= 4 is 40.2 Å². The van der Waals surface area contributed by atoms with E-state index in [0.29, 0.717) is 0 Å². The Kier molecular flexibility index (Phi) is 5.45. The summed E-state index contributed by atoms with van der Waals surface area (Å²) < 4.78 is 34.1. The highest BCUT2D eigenvalue weighted by molar-refractivity contribution is 6.60. The first-order chi connectivity index (χ1) is 7.29. The summed E-state index contributed by atoms with van der Waals surface area (Å²) in [7, 11) is 0. The molecule has 0 aromatic rings. The van der Waals surface area contributed by atoms with Crippen LogP contribution in [0.3, 0.4) is 0 Å². The molecule has 0 bridgehead atoms. The zero-order valence-corrected chi connectivity index (χ0v) is 11.4. The molecule has 1 aliphatic rings. The number of hydrogen-bond donors (Lipinski definition) is 1. The Morgan fingerprint density at radius 3 is 1.88 bits per heavy atom. The molecule has 0 amide bonds. The topological polar surface area (TPSA) is 37.3 Å². The lowest BCUT2D eigenvalue weighted by Crippen LogP contribution is -2.34. The number of carbonyl (C=O) groups is 1. The van der Waals surface area contributed by atoms with Crippen molar-refractivity contribution in [2.45, 2.75) is 37.2 Å². The van der Waals surface area contributed by atoms with Crippen LogP contribution in [-0.4, -0.2) is 21.0 Å². The fourth-order valence-electron chi connectivity index (χ4n) is 1.35. The lowest BCUT2D eigenvalue weighted by molar-refractivity contribution is -0.144. The summed E-state index contributed by atoms with van der Waals surface area (Å²) in [6.07, 6.45) is -3.97. The van der Waals surface area contributed by atoms with Gasteiger partial charge in [0.05, 0.1) is 0 Å². The van der Waals surface area contributed by atoms with Crippen LogP contribution < -0.4 is 0 Å². The standard InChI is InChI=1S/C8H11Cl2F3.CHClO2/c1-6(2)3-5(6)4-7(9,10)8(11,12)13;2-1(3)4/h5H,3-4H2,1-2H3;(H,3,4). The third kappa shape index (κ3) is 6.02. The molecule has 1 fully saturated rings. The second-order valence-electron chi connectivity index (χ2n) is 4.55. The zero-order chi connectivity index (χ0) is 14.1. The molecular formula is C9H12Cl3F3O2. The monoisotopic (exact) mass is 314 g/mol. The Bertz CT molecular complexity index is 286. The fraction of sp³-hybridized carbons (Fsp3) is 0.889. The van der Waals surface area contributed by atoms with Gasteiger partial charge < -0.3 is 5.11 Å². The first kappa shape index (κ1) is 17.1. The van der Waals surface area contributed by atoms with Crippen LogP contribution in [0.2, 0.25) is 0 Å². The maximum absolute atomic E-state index is 12.2. The summed E-state index contributed by atoms with van der Waals surface area (Å²) in [5.74, 6) is -0.0101. The van der Waals surface area contributed by atoms with Crippen molar-refractivity contribution in [3.05, 3.63) is 0 Å². The van der Waals surface area contributed by atoms with Crippen molar-refractivity contribution in [3.8, 4) is 0 Å². The number of hydrogen-bond acceptors (Lipinski definition) is 1. The van der Waals surface area contributed by atoms with E-state index in [4.69, 9.17) is 33.1 Å². The van der Waals surface area contributed by atoms with E-state index in [0.717, 1.165) is 6.42 Å². The Morgan fingerprint density at radius 2 is 1.71 bits per heavy atom. The minimum atomic E-state index is -4.53. The van der Waals surface area contributed by atoms with Crippen LogP contribution in [0.1, 0.15) is 26.7 Å². The van der Waals surface area contributed by atoms with Gasteiger partial charge in [-0.25, -0.2) is 4.79 Å². The number of rotatable bonds is 2. The predicted molar refractivity (Wildman–Crippen MR) is 60.9 cm³/mol. The summed E-state index contributed by atoms with van der Waals surface area (Å²) in [6.45, 7) is 3.83. The number of carboxylic acid groups (broad SMARTS) is 1. The molecule has 0 aromatic carbocycles. The van der Waals surface area contributed by atoms with Crippen molar-refractivity contribution in [1.29, 1.82) is 0 Å². The summed E-state index contributed by atoms with van der Waals surface area (Å²) >= 11 is 14.6. The predicted octanol–water partition coefficient (Wildman–Crippen LogP) is 5.06. The minimum Gasteiger partial charge on any atom is -0.469 e. The average molecular weight is 316 g/mol. The van der Waals surface area contributed by atoms with E-state index in [9.17, 15) is 13.2 Å². The highest BCUT2D eigenvalue weighted by Gasteiger charge is 2.58. The third-order valence-corrected chi connectivity index (χ3v) is 3.37. The van der Waals surface area contributed by atoms with E-state index in [-0.39, 0.29) is 17.8 Å². The molecule has 17 heavy (non-hydrogen) atoms. The van der Waals surface area contributed by atoms with E-state index in [1.165, 1.54) is 0 Å². The van der Waals surface area contributed by atoms with Crippen LogP contribution in [0.15, 0.2) is 0 Å². The van der Waals surface area contributed by atoms with Crippen LogP contribution in [0.5, 0.6) is 0 Å². The van der Waals surface area contributed by atoms with Gasteiger partial charge in [0.1, 0.15) is 0 Å². The average Bonchev–Trinajstić information content (AvgIpc) is 2.52. The van der Waals surface area contributed by atoms with Crippen LogP contribution in [0.4, 0.5) is 18.0 Å². The smallest absolute Gasteiger partial charge is 0.421 e. The molecule has 8 heteroatoms. The maximum atomic E-state index is 12.2. The minimum absolute atomic E-state index is 0.0101. The quantitative estimate of drug-likeness (QED) is 0.571. The van der Waals surface area contributed by atoms with Gasteiger partial charge in [-0.1, -0.05) is 37.0 Å². The summed E-state index contributed by atoms with van der Waals surface area (Å²) in [6, 6.07) is 0. The van der Waals surface area contributed by atoms with Gasteiger partial charge in [-0.15, -0.1) is 0 Å². The van der Waals surface area contributed by atoms with Gasteiger partial charge >= 0.3 is 11.6 Å². The van der Waals surface area contributed by atoms with Crippen molar-refractivity contribution in [2.75, 3.05) is 0 Å². The van der Waals surface area contributed by atoms with Crippen molar-refractivity contribution in [1.82, 2.24) is 0 Å². The molecule has 0 saturated heterocycles. The number of halogens is 6. The molecule has 0 heterocycles. The van der Waals surface area contributed by atoms with E-state index in [2.05, 4.69) is 11.6 Å². The Labute approximate surface area is 112 Å². The van der Waals surface area contributed by atoms with Crippen LogP contribution in [-0.2, 0) is 0 Å². The molecule has 0 aliphatic heterocycles. The molecule has 1 unspecified atom stereocenters. The first-order valence-corrected chi connectivity index (χ1v) is 5.76. The normalized spacial score (nSPS) is 22.5. The van der Waals surface area contributed by atoms with E-state index >= 15 is 0 Å². The van der Waals surface area contributed by atoms with Gasteiger partial charge in [0.15, 0.2) is 0 Å². The molecule has 2 nitrogen and oxygen atoms in total. The molecule has 0 radical (unpaired) electrons. The van der Waals surface area contributed by atoms with Gasteiger partial charge in [0, 0.05) is 11.6 Å².